The van der Waals surface area contributed by atoms with Gasteiger partial charge >= 0.3 is 0 Å². The molecule has 4 rings (SSSR count). The molecule has 2 aromatic carbocycles. The normalized spacial score (nSPS) is 17.6. The van der Waals surface area contributed by atoms with E-state index in [1.54, 1.807) is 49.1 Å². The molecule has 162 valence electrons. The first-order valence-corrected chi connectivity index (χ1v) is 10.0. The number of hydrogen-bond acceptors (Lipinski definition) is 6. The van der Waals surface area contributed by atoms with Gasteiger partial charge in [-0.3, -0.25) is 19.7 Å². The van der Waals surface area contributed by atoms with Crippen molar-refractivity contribution in [2.24, 2.45) is 0 Å². The number of aliphatic hydroxyl groups is 1. The Morgan fingerprint density at radius 3 is 2.41 bits per heavy atom. The van der Waals surface area contributed by atoms with Gasteiger partial charge in [0.15, 0.2) is 0 Å². The van der Waals surface area contributed by atoms with Gasteiger partial charge in [0.05, 0.1) is 22.9 Å². The number of ketones is 1. The molecule has 9 nitrogen and oxygen atoms in total. The number of likely N-dealkylation sites (tertiary alicyclic amines) is 1. The van der Waals surface area contributed by atoms with Crippen molar-refractivity contribution in [3.8, 4) is 0 Å². The molecule has 1 atom stereocenters. The van der Waals surface area contributed by atoms with Gasteiger partial charge < -0.3 is 14.6 Å². The van der Waals surface area contributed by atoms with Crippen LogP contribution in [-0.4, -0.2) is 42.7 Å². The first-order valence-electron chi connectivity index (χ1n) is 10.0. The third-order valence-electron chi connectivity index (χ3n) is 5.38. The fourth-order valence-corrected chi connectivity index (χ4v) is 3.83. The molecule has 1 N–H and O–H groups in total. The lowest BCUT2D eigenvalue weighted by Gasteiger charge is -2.25. The summed E-state index contributed by atoms with van der Waals surface area (Å²) in [7, 11) is 0. The smallest absolute Gasteiger partial charge is 0.295 e. The van der Waals surface area contributed by atoms with Crippen LogP contribution < -0.4 is 0 Å². The Labute approximate surface area is 183 Å². The van der Waals surface area contributed by atoms with E-state index < -0.39 is 22.7 Å². The van der Waals surface area contributed by atoms with Crippen molar-refractivity contribution >= 4 is 23.1 Å². The van der Waals surface area contributed by atoms with Gasteiger partial charge in [0.25, 0.3) is 17.4 Å². The lowest BCUT2D eigenvalue weighted by Crippen LogP contribution is -2.31. The van der Waals surface area contributed by atoms with Crippen LogP contribution in [0.2, 0.25) is 0 Å². The van der Waals surface area contributed by atoms with E-state index in [1.807, 2.05) is 4.57 Å². The van der Waals surface area contributed by atoms with E-state index in [-0.39, 0.29) is 23.6 Å². The maximum Gasteiger partial charge on any atom is 0.295 e. The Bertz CT molecular complexity index is 1170. The van der Waals surface area contributed by atoms with Gasteiger partial charge in [0, 0.05) is 43.2 Å². The van der Waals surface area contributed by atoms with Crippen LogP contribution >= 0.6 is 0 Å². The first kappa shape index (κ1) is 21.0. The third kappa shape index (κ3) is 4.00. The van der Waals surface area contributed by atoms with Crippen LogP contribution in [0, 0.1) is 10.1 Å². The summed E-state index contributed by atoms with van der Waals surface area (Å²) in [5, 5.41) is 22.0. The van der Waals surface area contributed by atoms with Gasteiger partial charge in [-0.2, -0.15) is 0 Å². The van der Waals surface area contributed by atoms with Crippen LogP contribution in [-0.2, 0) is 16.1 Å². The van der Waals surface area contributed by atoms with Gasteiger partial charge in [0.1, 0.15) is 5.76 Å². The second-order valence-electron chi connectivity index (χ2n) is 7.36. The second kappa shape index (κ2) is 8.84. The number of aliphatic hydroxyl groups excluding tert-OH is 1. The molecule has 1 saturated heterocycles. The maximum atomic E-state index is 12.9. The van der Waals surface area contributed by atoms with Crippen molar-refractivity contribution < 1.29 is 19.6 Å². The molecule has 1 amide bonds. The lowest BCUT2D eigenvalue weighted by atomic mass is 9.95. The summed E-state index contributed by atoms with van der Waals surface area (Å²) in [6.45, 7) is 0.852. The molecule has 0 aliphatic carbocycles. The molecule has 1 aliphatic rings. The van der Waals surface area contributed by atoms with E-state index >= 15 is 0 Å². The largest absolute Gasteiger partial charge is 0.507 e. The summed E-state index contributed by atoms with van der Waals surface area (Å²) < 4.78 is 1.86. The number of hydrogen-bond donors (Lipinski definition) is 1. The molecule has 1 unspecified atom stereocenters. The predicted octanol–water partition coefficient (Wildman–Crippen LogP) is 3.30. The number of aryl methyl sites for hydroxylation is 1. The zero-order chi connectivity index (χ0) is 22.7. The Balaban J connectivity index is 1.73. The van der Waals surface area contributed by atoms with Gasteiger partial charge in [0.2, 0.25) is 0 Å². The zero-order valence-corrected chi connectivity index (χ0v) is 17.0. The summed E-state index contributed by atoms with van der Waals surface area (Å²) in [6, 6.07) is 13.3. The fourth-order valence-electron chi connectivity index (χ4n) is 3.83. The molecule has 0 spiro atoms. The van der Waals surface area contributed by atoms with Gasteiger partial charge in [-0.25, -0.2) is 4.98 Å². The van der Waals surface area contributed by atoms with Crippen molar-refractivity contribution in [3.05, 3.63) is 100 Å². The standard InChI is InChI=1S/C23H20N4O5/c28-21(17-5-2-1-3-6-17)19-20(16-7-9-18(10-8-16)27(31)32)26(23(30)22(19)29)13-4-12-25-14-11-24-15-25/h1-3,5-11,14-15,20,28H,4,12-13H2. The number of rotatable bonds is 7. The molecular formula is C23H20N4O5. The van der Waals surface area contributed by atoms with Crippen LogP contribution in [0.5, 0.6) is 0 Å². The SMILES string of the molecule is O=C1C(=O)N(CCCn2ccnc2)C(c2ccc([N+](=O)[O-])cc2)C1=C(O)c1ccccc1. The number of amides is 1. The summed E-state index contributed by atoms with van der Waals surface area (Å²) in [5.41, 5.74) is 0.789. The Hall–Kier alpha value is -4.27. The Morgan fingerprint density at radius 2 is 1.78 bits per heavy atom. The second-order valence-corrected chi connectivity index (χ2v) is 7.36. The summed E-state index contributed by atoms with van der Waals surface area (Å²) in [4.78, 5) is 41.8. The summed E-state index contributed by atoms with van der Waals surface area (Å²) >= 11 is 0. The highest BCUT2D eigenvalue weighted by Gasteiger charge is 2.45. The van der Waals surface area contributed by atoms with E-state index in [9.17, 15) is 24.8 Å². The number of nitro groups is 1. The Morgan fingerprint density at radius 1 is 1.06 bits per heavy atom. The van der Waals surface area contributed by atoms with Crippen LogP contribution in [0.25, 0.3) is 5.76 Å². The highest BCUT2D eigenvalue weighted by molar-refractivity contribution is 6.46. The number of nitrogens with zero attached hydrogens (tertiary/aromatic N) is 4. The van der Waals surface area contributed by atoms with Crippen LogP contribution in [0.4, 0.5) is 5.69 Å². The minimum absolute atomic E-state index is 0.0299. The van der Waals surface area contributed by atoms with Crippen molar-refractivity contribution in [1.82, 2.24) is 14.5 Å². The van der Waals surface area contributed by atoms with Gasteiger partial charge in [-0.15, -0.1) is 0 Å². The average Bonchev–Trinajstić information content (AvgIpc) is 3.41. The number of non-ortho nitro benzene ring substituents is 1. The molecule has 2 heterocycles. The monoisotopic (exact) mass is 432 g/mol. The van der Waals surface area contributed by atoms with Crippen molar-refractivity contribution in [3.63, 3.8) is 0 Å². The highest BCUT2D eigenvalue weighted by atomic mass is 16.6. The van der Waals surface area contributed by atoms with Crippen LogP contribution in [0.1, 0.15) is 23.6 Å². The zero-order valence-electron chi connectivity index (χ0n) is 17.0. The molecule has 0 bridgehead atoms. The number of carbonyl (C=O) groups excluding carboxylic acids is 2. The van der Waals surface area contributed by atoms with Crippen molar-refractivity contribution in [2.45, 2.75) is 19.0 Å². The topological polar surface area (TPSA) is 119 Å². The quantitative estimate of drug-likeness (QED) is 0.201. The minimum atomic E-state index is -0.848. The fraction of sp³-hybridized carbons (Fsp3) is 0.174. The van der Waals surface area contributed by atoms with E-state index in [2.05, 4.69) is 4.98 Å². The number of Topliss-reactive ketones (excluding diaryl/α,β-unsaturated/α-hetero) is 1. The van der Waals surface area contributed by atoms with E-state index in [0.29, 0.717) is 24.1 Å². The molecular weight excluding hydrogens is 412 g/mol. The van der Waals surface area contributed by atoms with E-state index in [1.165, 1.54) is 29.2 Å². The van der Waals surface area contributed by atoms with Crippen LogP contribution in [0.3, 0.4) is 0 Å². The summed E-state index contributed by atoms with van der Waals surface area (Å²) in [5.74, 6) is -1.77. The van der Waals surface area contributed by atoms with Gasteiger partial charge in [-0.1, -0.05) is 30.3 Å². The average molecular weight is 432 g/mol. The van der Waals surface area contributed by atoms with Crippen molar-refractivity contribution in [2.75, 3.05) is 6.54 Å². The lowest BCUT2D eigenvalue weighted by molar-refractivity contribution is -0.384. The van der Waals surface area contributed by atoms with E-state index in [4.69, 9.17) is 0 Å². The molecule has 0 radical (unpaired) electrons. The first-order chi connectivity index (χ1) is 15.5. The summed E-state index contributed by atoms with van der Waals surface area (Å²) in [6.07, 6.45) is 5.68. The van der Waals surface area contributed by atoms with Crippen molar-refractivity contribution in [1.29, 1.82) is 0 Å². The molecule has 3 aromatic rings. The molecule has 1 aromatic heterocycles. The molecule has 32 heavy (non-hydrogen) atoms. The minimum Gasteiger partial charge on any atom is -0.507 e. The molecule has 0 saturated carbocycles. The number of carbonyl (C=O) groups is 2. The van der Waals surface area contributed by atoms with Gasteiger partial charge in [-0.05, 0) is 24.1 Å². The molecule has 1 aliphatic heterocycles. The number of nitro benzene ring substituents is 1. The highest BCUT2D eigenvalue weighted by Crippen LogP contribution is 2.39. The van der Waals surface area contributed by atoms with Crippen LogP contribution in [0.15, 0.2) is 78.9 Å². The predicted molar refractivity (Wildman–Crippen MR) is 115 cm³/mol. The molecule has 1 fully saturated rings. The Kier molecular flexibility index (Phi) is 5.80. The molecule has 9 heteroatoms. The third-order valence-corrected chi connectivity index (χ3v) is 5.38. The number of benzene rings is 2. The number of imidazole rings is 1. The number of aromatic nitrogens is 2. The van der Waals surface area contributed by atoms with E-state index in [0.717, 1.165) is 0 Å². The maximum absolute atomic E-state index is 12.9.